The zero-order valence-electron chi connectivity index (χ0n) is 8.38. The van der Waals surface area contributed by atoms with Crippen LogP contribution in [0.1, 0.15) is 12.7 Å². The first-order valence-electron chi connectivity index (χ1n) is 4.41. The van der Waals surface area contributed by atoms with Crippen molar-refractivity contribution in [2.24, 2.45) is 4.99 Å². The van der Waals surface area contributed by atoms with Gasteiger partial charge in [-0.3, -0.25) is 4.99 Å². The van der Waals surface area contributed by atoms with Crippen LogP contribution < -0.4 is 0 Å². The maximum atomic E-state index is 4.15. The largest absolute Gasteiger partial charge is 0.296 e. The number of hydrogen-bond acceptors (Lipinski definition) is 3. The summed E-state index contributed by atoms with van der Waals surface area (Å²) in [5.74, 6) is 0.691. The summed E-state index contributed by atoms with van der Waals surface area (Å²) in [7, 11) is 1.73. The van der Waals surface area contributed by atoms with E-state index in [2.05, 4.69) is 15.0 Å². The quantitative estimate of drug-likeness (QED) is 0.537. The molecule has 0 amide bonds. The molecule has 72 valence electrons. The van der Waals surface area contributed by atoms with Crippen molar-refractivity contribution in [1.29, 1.82) is 0 Å². The summed E-state index contributed by atoms with van der Waals surface area (Å²) in [4.78, 5) is 12.3. The molecule has 0 radical (unpaired) electrons. The summed E-state index contributed by atoms with van der Waals surface area (Å²) in [6.45, 7) is 1.96. The molecule has 1 heterocycles. The van der Waals surface area contributed by atoms with Gasteiger partial charge in [-0.1, -0.05) is 12.2 Å². The standard InChI is InChI=1S/C11H13N3/c1-3-4-6-10(9-12-2)11-13-7-5-8-14-11/h3-9H,1-2H3/b4-3+,10-6+,12-9-. The van der Waals surface area contributed by atoms with Crippen LogP contribution in [0.25, 0.3) is 5.57 Å². The molecule has 0 saturated heterocycles. The molecule has 0 unspecified atom stereocenters. The van der Waals surface area contributed by atoms with Gasteiger partial charge in [0.25, 0.3) is 0 Å². The summed E-state index contributed by atoms with van der Waals surface area (Å²) in [5, 5.41) is 0. The van der Waals surface area contributed by atoms with Crippen molar-refractivity contribution in [3.63, 3.8) is 0 Å². The second kappa shape index (κ2) is 5.80. The van der Waals surface area contributed by atoms with Crippen molar-refractivity contribution in [1.82, 2.24) is 9.97 Å². The first-order chi connectivity index (χ1) is 6.88. The highest BCUT2D eigenvalue weighted by Crippen LogP contribution is 2.05. The molecule has 0 N–H and O–H groups in total. The van der Waals surface area contributed by atoms with Crippen LogP contribution in [0.15, 0.2) is 41.7 Å². The highest BCUT2D eigenvalue weighted by Gasteiger charge is 1.98. The van der Waals surface area contributed by atoms with Gasteiger partial charge in [-0.25, -0.2) is 9.97 Å². The van der Waals surface area contributed by atoms with Crippen LogP contribution >= 0.6 is 0 Å². The predicted molar refractivity (Wildman–Crippen MR) is 59.2 cm³/mol. The lowest BCUT2D eigenvalue weighted by atomic mass is 10.2. The fourth-order valence-corrected chi connectivity index (χ4v) is 0.962. The molecule has 0 aliphatic carbocycles. The van der Waals surface area contributed by atoms with Gasteiger partial charge in [-0.2, -0.15) is 0 Å². The molecule has 0 spiro atoms. The summed E-state index contributed by atoms with van der Waals surface area (Å²) in [5.41, 5.74) is 0.909. The minimum absolute atomic E-state index is 0.691. The summed E-state index contributed by atoms with van der Waals surface area (Å²) < 4.78 is 0. The average Bonchev–Trinajstić information content (AvgIpc) is 2.25. The SMILES string of the molecule is C/C=C/C=C(\C=N/C)c1ncccn1. The van der Waals surface area contributed by atoms with E-state index in [1.165, 1.54) is 0 Å². The average molecular weight is 187 g/mol. The Balaban J connectivity index is 3.00. The molecule has 0 aliphatic rings. The molecule has 1 rings (SSSR count). The normalized spacial score (nSPS) is 12.9. The van der Waals surface area contributed by atoms with E-state index in [1.54, 1.807) is 31.7 Å². The van der Waals surface area contributed by atoms with Crippen LogP contribution in [0.4, 0.5) is 0 Å². The first-order valence-corrected chi connectivity index (χ1v) is 4.41. The fraction of sp³-hybridized carbons (Fsp3) is 0.182. The van der Waals surface area contributed by atoms with E-state index in [9.17, 15) is 0 Å². The monoisotopic (exact) mass is 187 g/mol. The Morgan fingerprint density at radius 2 is 2.07 bits per heavy atom. The third-order valence-electron chi connectivity index (χ3n) is 1.56. The van der Waals surface area contributed by atoms with Crippen molar-refractivity contribution in [3.05, 3.63) is 42.5 Å². The third-order valence-corrected chi connectivity index (χ3v) is 1.56. The summed E-state index contributed by atoms with van der Waals surface area (Å²) in [6.07, 6.45) is 11.0. The van der Waals surface area contributed by atoms with Crippen LogP contribution in [0.5, 0.6) is 0 Å². The molecule has 3 heteroatoms. The molecule has 1 aromatic heterocycles. The van der Waals surface area contributed by atoms with Gasteiger partial charge in [0.15, 0.2) is 5.82 Å². The molecule has 0 atom stereocenters. The third kappa shape index (κ3) is 2.94. The van der Waals surface area contributed by atoms with E-state index >= 15 is 0 Å². The topological polar surface area (TPSA) is 38.1 Å². The predicted octanol–water partition coefficient (Wildman–Crippen LogP) is 2.14. The van der Waals surface area contributed by atoms with Crippen LogP contribution in [-0.2, 0) is 0 Å². The Morgan fingerprint density at radius 1 is 1.36 bits per heavy atom. The van der Waals surface area contributed by atoms with Crippen LogP contribution in [0.2, 0.25) is 0 Å². The van der Waals surface area contributed by atoms with E-state index in [0.29, 0.717) is 5.82 Å². The molecule has 0 bridgehead atoms. The lowest BCUT2D eigenvalue weighted by Crippen LogP contribution is -1.93. The number of aromatic nitrogens is 2. The molecule has 0 aliphatic heterocycles. The van der Waals surface area contributed by atoms with Gasteiger partial charge in [0.1, 0.15) is 0 Å². The van der Waals surface area contributed by atoms with E-state index < -0.39 is 0 Å². The molecular formula is C11H13N3. The number of hydrogen-bond donors (Lipinski definition) is 0. The Morgan fingerprint density at radius 3 is 2.64 bits per heavy atom. The number of allylic oxidation sites excluding steroid dienone is 4. The molecular weight excluding hydrogens is 174 g/mol. The molecule has 1 aromatic rings. The molecule has 0 fully saturated rings. The van der Waals surface area contributed by atoms with Gasteiger partial charge in [0, 0.05) is 31.2 Å². The van der Waals surface area contributed by atoms with Gasteiger partial charge in [-0.05, 0) is 19.1 Å². The maximum Gasteiger partial charge on any atom is 0.160 e. The Hall–Kier alpha value is -1.77. The second-order valence-electron chi connectivity index (χ2n) is 2.61. The van der Waals surface area contributed by atoms with E-state index in [4.69, 9.17) is 0 Å². The van der Waals surface area contributed by atoms with Crippen molar-refractivity contribution in [3.8, 4) is 0 Å². The second-order valence-corrected chi connectivity index (χ2v) is 2.61. The zero-order chi connectivity index (χ0) is 10.2. The number of nitrogens with zero attached hydrogens (tertiary/aromatic N) is 3. The van der Waals surface area contributed by atoms with Crippen LogP contribution in [-0.4, -0.2) is 23.2 Å². The van der Waals surface area contributed by atoms with Crippen LogP contribution in [0, 0.1) is 0 Å². The Labute approximate surface area is 83.9 Å². The van der Waals surface area contributed by atoms with Crippen LogP contribution in [0.3, 0.4) is 0 Å². The van der Waals surface area contributed by atoms with Gasteiger partial charge in [-0.15, -0.1) is 0 Å². The molecule has 0 aromatic carbocycles. The maximum absolute atomic E-state index is 4.15. The fourth-order valence-electron chi connectivity index (χ4n) is 0.962. The molecule has 0 saturated carbocycles. The highest BCUT2D eigenvalue weighted by atomic mass is 14.9. The zero-order valence-corrected chi connectivity index (χ0v) is 8.38. The lowest BCUT2D eigenvalue weighted by molar-refractivity contribution is 1.13. The smallest absolute Gasteiger partial charge is 0.160 e. The number of rotatable bonds is 3. The summed E-state index contributed by atoms with van der Waals surface area (Å²) >= 11 is 0. The minimum atomic E-state index is 0.691. The molecule has 3 nitrogen and oxygen atoms in total. The van der Waals surface area contributed by atoms with Crippen molar-refractivity contribution in [2.45, 2.75) is 6.92 Å². The van der Waals surface area contributed by atoms with Crippen molar-refractivity contribution >= 4 is 11.8 Å². The minimum Gasteiger partial charge on any atom is -0.296 e. The highest BCUT2D eigenvalue weighted by molar-refractivity contribution is 6.08. The van der Waals surface area contributed by atoms with Gasteiger partial charge in [0.2, 0.25) is 0 Å². The first kappa shape index (κ1) is 10.3. The Bertz CT molecular complexity index is 350. The lowest BCUT2D eigenvalue weighted by Gasteiger charge is -1.96. The van der Waals surface area contributed by atoms with Crippen molar-refractivity contribution in [2.75, 3.05) is 7.05 Å². The van der Waals surface area contributed by atoms with Gasteiger partial charge >= 0.3 is 0 Å². The van der Waals surface area contributed by atoms with E-state index in [1.807, 2.05) is 25.2 Å². The Kier molecular flexibility index (Phi) is 4.27. The van der Waals surface area contributed by atoms with E-state index in [0.717, 1.165) is 5.57 Å². The van der Waals surface area contributed by atoms with Gasteiger partial charge in [0.05, 0.1) is 0 Å². The van der Waals surface area contributed by atoms with Gasteiger partial charge < -0.3 is 0 Å². The van der Waals surface area contributed by atoms with E-state index in [-0.39, 0.29) is 0 Å². The summed E-state index contributed by atoms with van der Waals surface area (Å²) in [6, 6.07) is 1.79. The number of aliphatic imine (C=N–C) groups is 1. The molecule has 14 heavy (non-hydrogen) atoms. The van der Waals surface area contributed by atoms with Crippen molar-refractivity contribution < 1.29 is 0 Å².